The molecule has 3 rings (SSSR count). The Kier molecular flexibility index (Phi) is 7.14. The summed E-state index contributed by atoms with van der Waals surface area (Å²) in [4.78, 5) is 0. The molecule has 3 heteroatoms. The van der Waals surface area contributed by atoms with Crippen LogP contribution in [-0.4, -0.2) is 26.4 Å². The van der Waals surface area contributed by atoms with Crippen LogP contribution in [0, 0.1) is 5.92 Å². The highest BCUT2D eigenvalue weighted by atomic mass is 16.5. The van der Waals surface area contributed by atoms with Crippen molar-refractivity contribution in [2.24, 2.45) is 5.92 Å². The van der Waals surface area contributed by atoms with E-state index >= 15 is 0 Å². The van der Waals surface area contributed by atoms with Crippen molar-refractivity contribution in [1.82, 2.24) is 0 Å². The van der Waals surface area contributed by atoms with E-state index in [1.165, 1.54) is 11.1 Å². The molecule has 0 bridgehead atoms. The second kappa shape index (κ2) is 9.58. The Hall–Kier alpha value is -1.84. The van der Waals surface area contributed by atoms with Gasteiger partial charge < -0.3 is 14.8 Å². The van der Waals surface area contributed by atoms with E-state index in [0.29, 0.717) is 18.1 Å². The van der Waals surface area contributed by atoms with Crippen LogP contribution in [0.2, 0.25) is 0 Å². The Labute approximate surface area is 170 Å². The summed E-state index contributed by atoms with van der Waals surface area (Å²) >= 11 is 0. The third kappa shape index (κ3) is 4.76. The normalized spacial score (nSPS) is 23.5. The predicted octanol–water partition coefficient (Wildman–Crippen LogP) is 4.48. The number of hydrogen-bond donors (Lipinski definition) is 1. The maximum absolute atomic E-state index is 6.14. The summed E-state index contributed by atoms with van der Waals surface area (Å²) in [5, 5.41) is 2.48. The maximum Gasteiger partial charge on any atom is 0.122 e. The van der Waals surface area contributed by atoms with Gasteiger partial charge in [0.2, 0.25) is 0 Å². The Balaban J connectivity index is 1.79. The molecule has 3 nitrogen and oxygen atoms in total. The smallest absolute Gasteiger partial charge is 0.122 e. The Morgan fingerprint density at radius 1 is 1.07 bits per heavy atom. The van der Waals surface area contributed by atoms with Crippen LogP contribution in [-0.2, 0) is 10.2 Å². The van der Waals surface area contributed by atoms with Crippen molar-refractivity contribution in [2.75, 3.05) is 20.3 Å². The Morgan fingerprint density at radius 2 is 1.79 bits per heavy atom. The molecule has 1 fully saturated rings. The summed E-state index contributed by atoms with van der Waals surface area (Å²) in [6.45, 7) is 8.76. The molecule has 2 aromatic carbocycles. The average Bonchev–Trinajstić information content (AvgIpc) is 2.74. The van der Waals surface area contributed by atoms with Crippen LogP contribution in [0.4, 0.5) is 0 Å². The maximum atomic E-state index is 6.14. The van der Waals surface area contributed by atoms with E-state index < -0.39 is 0 Å². The molecule has 0 radical (unpaired) electrons. The van der Waals surface area contributed by atoms with Gasteiger partial charge in [-0.25, -0.2) is 0 Å². The highest BCUT2D eigenvalue weighted by molar-refractivity contribution is 5.40. The predicted molar refractivity (Wildman–Crippen MR) is 115 cm³/mol. The van der Waals surface area contributed by atoms with Crippen LogP contribution in [0.3, 0.4) is 0 Å². The van der Waals surface area contributed by atoms with Gasteiger partial charge >= 0.3 is 0 Å². The van der Waals surface area contributed by atoms with Crippen molar-refractivity contribution in [1.29, 1.82) is 0 Å². The van der Waals surface area contributed by atoms with Crippen molar-refractivity contribution >= 4 is 0 Å². The highest BCUT2D eigenvalue weighted by Gasteiger charge is 2.41. The van der Waals surface area contributed by atoms with Gasteiger partial charge in [-0.1, -0.05) is 62.4 Å². The molecule has 3 atom stereocenters. The first-order valence-corrected chi connectivity index (χ1v) is 10.7. The zero-order valence-electron chi connectivity index (χ0n) is 17.9. The van der Waals surface area contributed by atoms with Crippen molar-refractivity contribution in [3.63, 3.8) is 0 Å². The number of hydrogen-bond acceptors (Lipinski definition) is 2. The van der Waals surface area contributed by atoms with Crippen LogP contribution >= 0.6 is 0 Å². The number of quaternary nitrogens is 1. The first-order valence-electron chi connectivity index (χ1n) is 10.7. The number of benzene rings is 2. The fourth-order valence-corrected chi connectivity index (χ4v) is 4.57. The zero-order chi connectivity index (χ0) is 20.0. The lowest BCUT2D eigenvalue weighted by atomic mass is 9.68. The minimum atomic E-state index is 0.118. The van der Waals surface area contributed by atoms with E-state index in [1.54, 1.807) is 7.11 Å². The van der Waals surface area contributed by atoms with Crippen LogP contribution in [0.1, 0.15) is 57.2 Å². The molecule has 1 aliphatic heterocycles. The number of rotatable bonds is 8. The molecule has 1 heterocycles. The summed E-state index contributed by atoms with van der Waals surface area (Å²) in [5.74, 6) is 1.55. The molecule has 28 heavy (non-hydrogen) atoms. The van der Waals surface area contributed by atoms with Gasteiger partial charge in [-0.05, 0) is 31.7 Å². The molecule has 152 valence electrons. The minimum absolute atomic E-state index is 0.118. The molecule has 1 aliphatic rings. The van der Waals surface area contributed by atoms with Gasteiger partial charge in [-0.2, -0.15) is 0 Å². The first-order chi connectivity index (χ1) is 13.6. The summed E-state index contributed by atoms with van der Waals surface area (Å²) in [7, 11) is 1.79. The van der Waals surface area contributed by atoms with Gasteiger partial charge in [0, 0.05) is 29.6 Å². The third-order valence-electron chi connectivity index (χ3n) is 6.39. The van der Waals surface area contributed by atoms with Gasteiger partial charge in [0.05, 0.1) is 19.8 Å². The molecule has 0 unspecified atom stereocenters. The second-order valence-electron chi connectivity index (χ2n) is 8.56. The molecule has 1 saturated heterocycles. The Bertz CT molecular complexity index is 730. The summed E-state index contributed by atoms with van der Waals surface area (Å²) in [5.41, 5.74) is 2.86. The first kappa shape index (κ1) is 20.9. The number of para-hydroxylation sites is 1. The quantitative estimate of drug-likeness (QED) is 0.730. The summed E-state index contributed by atoms with van der Waals surface area (Å²) in [6.07, 6.45) is 3.57. The molecular weight excluding hydrogens is 346 g/mol. The molecule has 0 saturated carbocycles. The molecular formula is C25H36NO2+. The molecule has 0 amide bonds. The van der Waals surface area contributed by atoms with E-state index in [0.717, 1.165) is 38.2 Å². The third-order valence-corrected chi connectivity index (χ3v) is 6.39. The molecule has 0 aromatic heterocycles. The largest absolute Gasteiger partial charge is 0.496 e. The highest BCUT2D eigenvalue weighted by Crippen LogP contribution is 2.44. The molecule has 2 aromatic rings. The average molecular weight is 383 g/mol. The van der Waals surface area contributed by atoms with Crippen molar-refractivity contribution in [3.8, 4) is 5.75 Å². The van der Waals surface area contributed by atoms with E-state index in [-0.39, 0.29) is 5.41 Å². The lowest BCUT2D eigenvalue weighted by Gasteiger charge is -2.43. The van der Waals surface area contributed by atoms with E-state index in [4.69, 9.17) is 9.47 Å². The van der Waals surface area contributed by atoms with Crippen LogP contribution < -0.4 is 10.1 Å². The van der Waals surface area contributed by atoms with E-state index in [2.05, 4.69) is 80.7 Å². The Morgan fingerprint density at radius 3 is 2.50 bits per heavy atom. The lowest BCUT2D eigenvalue weighted by Crippen LogP contribution is -2.85. The topological polar surface area (TPSA) is 35.1 Å². The van der Waals surface area contributed by atoms with Gasteiger partial charge in [0.25, 0.3) is 0 Å². The van der Waals surface area contributed by atoms with Gasteiger partial charge in [-0.3, -0.25) is 0 Å². The zero-order valence-corrected chi connectivity index (χ0v) is 17.9. The SMILES string of the molecule is COc1ccccc1[C@@]1(CC[NH2+][C@@H](C)c2ccccc2)CCO[C@@H](C(C)C)C1. The second-order valence-corrected chi connectivity index (χ2v) is 8.56. The van der Waals surface area contributed by atoms with Crippen LogP contribution in [0.25, 0.3) is 0 Å². The molecule has 0 aliphatic carbocycles. The van der Waals surface area contributed by atoms with Crippen molar-refractivity contribution in [3.05, 3.63) is 65.7 Å². The lowest BCUT2D eigenvalue weighted by molar-refractivity contribution is -0.693. The summed E-state index contributed by atoms with van der Waals surface area (Å²) < 4.78 is 11.9. The monoisotopic (exact) mass is 382 g/mol. The van der Waals surface area contributed by atoms with Crippen LogP contribution in [0.5, 0.6) is 5.75 Å². The van der Waals surface area contributed by atoms with Gasteiger partial charge in [0.15, 0.2) is 0 Å². The van der Waals surface area contributed by atoms with Crippen LogP contribution in [0.15, 0.2) is 54.6 Å². The standard InChI is InChI=1S/C25H35NO2/c1-19(2)24-18-25(15-17-28-24,22-12-8-9-13-23(22)27-4)14-16-26-20(3)21-10-6-5-7-11-21/h5-13,19-20,24,26H,14-18H2,1-4H3/p+1/t20-,24+,25-/m0/s1. The van der Waals surface area contributed by atoms with Crippen molar-refractivity contribution in [2.45, 2.75) is 57.6 Å². The minimum Gasteiger partial charge on any atom is -0.496 e. The van der Waals surface area contributed by atoms with Crippen molar-refractivity contribution < 1.29 is 14.8 Å². The fourth-order valence-electron chi connectivity index (χ4n) is 4.57. The number of nitrogens with two attached hydrogens (primary N) is 1. The molecule has 0 spiro atoms. The fraction of sp³-hybridized carbons (Fsp3) is 0.520. The van der Waals surface area contributed by atoms with Gasteiger partial charge in [-0.15, -0.1) is 0 Å². The number of methoxy groups -OCH3 is 1. The summed E-state index contributed by atoms with van der Waals surface area (Å²) in [6, 6.07) is 19.8. The molecule has 2 N–H and O–H groups in total. The van der Waals surface area contributed by atoms with E-state index in [9.17, 15) is 0 Å². The number of ether oxygens (including phenoxy) is 2. The van der Waals surface area contributed by atoms with Gasteiger partial charge in [0.1, 0.15) is 11.8 Å². The van der Waals surface area contributed by atoms with E-state index in [1.807, 2.05) is 0 Å².